The summed E-state index contributed by atoms with van der Waals surface area (Å²) in [4.78, 5) is 66.7. The molecular weight excluding hydrogens is 584 g/mol. The van der Waals surface area contributed by atoms with Crippen LogP contribution in [0.15, 0.2) is 41.5 Å². The molecule has 1 saturated heterocycles. The average molecular weight is 627 g/mol. The first-order chi connectivity index (χ1) is 20.9. The van der Waals surface area contributed by atoms with E-state index in [4.69, 9.17) is 23.7 Å². The van der Waals surface area contributed by atoms with Crippen molar-refractivity contribution in [3.63, 3.8) is 0 Å². The Bertz CT molecular complexity index is 1460. The molecule has 2 saturated carbocycles. The molecule has 0 spiro atoms. The lowest BCUT2D eigenvalue weighted by molar-refractivity contribution is -0.340. The van der Waals surface area contributed by atoms with Crippen molar-refractivity contribution in [2.45, 2.75) is 104 Å². The summed E-state index contributed by atoms with van der Waals surface area (Å²) < 4.78 is 29.9. The second-order valence-electron chi connectivity index (χ2n) is 13.7. The Hall–Kier alpha value is -3.57. The predicted octanol–water partition coefficient (Wildman–Crippen LogP) is 3.50. The predicted molar refractivity (Wildman–Crippen MR) is 157 cm³/mol. The molecule has 9 atom stereocenters. The molecule has 1 aromatic rings. The van der Waals surface area contributed by atoms with Crippen LogP contribution < -0.4 is 0 Å². The zero-order valence-electron chi connectivity index (χ0n) is 27.0. The van der Waals surface area contributed by atoms with Crippen LogP contribution in [0.1, 0.15) is 78.6 Å². The summed E-state index contributed by atoms with van der Waals surface area (Å²) in [5.74, 6) is -4.87. The molecule has 1 heterocycles. The molecular formula is C34H42O11. The lowest BCUT2D eigenvalue weighted by Crippen LogP contribution is -2.80. The number of carbonyl (C=O) groups is 5. The van der Waals surface area contributed by atoms with E-state index in [1.165, 1.54) is 20.8 Å². The van der Waals surface area contributed by atoms with E-state index in [0.717, 1.165) is 0 Å². The van der Waals surface area contributed by atoms with Crippen molar-refractivity contribution in [3.8, 4) is 0 Å². The Kier molecular flexibility index (Phi) is 8.06. The van der Waals surface area contributed by atoms with Gasteiger partial charge >= 0.3 is 23.9 Å². The SMILES string of the molecule is CC(=O)O[C@H]1C(=O)[C@@]2(C)[C@H]([C@H](OC(=O)c3ccccc3)[C@]3(O)C[C@H](OC(C)=O)C(C)=C1C3(C)C)[C@]1(OC(C)=O)CO[C@@H]1C[C@@H]2C. The molecule has 5 rings (SSSR count). The fraction of sp³-hybridized carbons (Fsp3) is 0.618. The number of aliphatic hydroxyl groups is 1. The first-order valence-electron chi connectivity index (χ1n) is 15.3. The monoisotopic (exact) mass is 626 g/mol. The fourth-order valence-electron chi connectivity index (χ4n) is 8.51. The van der Waals surface area contributed by atoms with Crippen molar-refractivity contribution >= 4 is 29.7 Å². The minimum absolute atomic E-state index is 0.110. The highest BCUT2D eigenvalue weighted by Gasteiger charge is 2.77. The van der Waals surface area contributed by atoms with Crippen LogP contribution in [0.2, 0.25) is 0 Å². The van der Waals surface area contributed by atoms with Crippen molar-refractivity contribution in [2.75, 3.05) is 6.61 Å². The summed E-state index contributed by atoms with van der Waals surface area (Å²) in [6.07, 6.45) is -4.58. The summed E-state index contributed by atoms with van der Waals surface area (Å²) in [5.41, 5.74) is -5.45. The number of hydrogen-bond acceptors (Lipinski definition) is 11. The maximum atomic E-state index is 15.1. The summed E-state index contributed by atoms with van der Waals surface area (Å²) in [6.45, 7) is 12.2. The molecule has 244 valence electrons. The van der Waals surface area contributed by atoms with E-state index in [-0.39, 0.29) is 24.2 Å². The van der Waals surface area contributed by atoms with Gasteiger partial charge in [-0.05, 0) is 42.5 Å². The molecule has 0 unspecified atom stereocenters. The second-order valence-corrected chi connectivity index (χ2v) is 13.7. The number of Topliss-reactive ketones (excluding diaryl/α,β-unsaturated/α-hetero) is 1. The molecule has 4 aliphatic rings. The van der Waals surface area contributed by atoms with Crippen LogP contribution >= 0.6 is 0 Å². The van der Waals surface area contributed by atoms with E-state index >= 15 is 4.79 Å². The van der Waals surface area contributed by atoms with Crippen LogP contribution in [-0.2, 0) is 42.9 Å². The number of ketones is 1. The fourth-order valence-corrected chi connectivity index (χ4v) is 8.51. The van der Waals surface area contributed by atoms with Crippen LogP contribution in [0.25, 0.3) is 0 Å². The smallest absolute Gasteiger partial charge is 0.338 e. The van der Waals surface area contributed by atoms with Crippen molar-refractivity contribution in [1.29, 1.82) is 0 Å². The van der Waals surface area contributed by atoms with E-state index in [2.05, 4.69) is 0 Å². The third kappa shape index (κ3) is 4.81. The van der Waals surface area contributed by atoms with Crippen LogP contribution in [0.3, 0.4) is 0 Å². The van der Waals surface area contributed by atoms with Gasteiger partial charge in [-0.25, -0.2) is 4.79 Å². The van der Waals surface area contributed by atoms with Crippen molar-refractivity contribution in [3.05, 3.63) is 47.0 Å². The number of esters is 4. The Balaban J connectivity index is 1.86. The number of hydrogen-bond donors (Lipinski definition) is 1. The molecule has 1 aromatic carbocycles. The maximum absolute atomic E-state index is 15.1. The lowest BCUT2D eigenvalue weighted by atomic mass is 9.43. The summed E-state index contributed by atoms with van der Waals surface area (Å²) in [6, 6.07) is 8.23. The lowest BCUT2D eigenvalue weighted by Gasteiger charge is -2.68. The second kappa shape index (κ2) is 11.0. The standard InChI is InChI=1S/C34H42O11/c1-17-14-24-33(16-41-24,45-21(5)37)27-29(44-30(39)22-12-10-9-11-13-22)34(40)15-23(42-19(3)35)18(2)25(31(34,6)7)26(43-20(4)36)28(38)32(17,27)8/h9-13,17,23-24,26-27,29,40H,14-16H2,1-8H3/t17-,23-,24+,26+,27-,29-,32+,33-,34+/m0/s1. The third-order valence-electron chi connectivity index (χ3n) is 11.0. The van der Waals surface area contributed by atoms with Gasteiger partial charge in [-0.1, -0.05) is 45.9 Å². The van der Waals surface area contributed by atoms with Gasteiger partial charge in [0.2, 0.25) is 0 Å². The minimum Gasteiger partial charge on any atom is -0.458 e. The molecule has 3 aliphatic carbocycles. The van der Waals surface area contributed by atoms with Gasteiger partial charge in [0.05, 0.1) is 18.1 Å². The van der Waals surface area contributed by atoms with E-state index in [9.17, 15) is 24.3 Å². The van der Waals surface area contributed by atoms with Crippen molar-refractivity contribution in [1.82, 2.24) is 0 Å². The number of benzene rings is 1. The summed E-state index contributed by atoms with van der Waals surface area (Å²) >= 11 is 0. The first kappa shape index (κ1) is 32.8. The van der Waals surface area contributed by atoms with Crippen LogP contribution in [-0.4, -0.2) is 77.0 Å². The third-order valence-corrected chi connectivity index (χ3v) is 11.0. The van der Waals surface area contributed by atoms with Crippen LogP contribution in [0, 0.1) is 22.7 Å². The van der Waals surface area contributed by atoms with Crippen molar-refractivity contribution < 1.29 is 52.8 Å². The maximum Gasteiger partial charge on any atom is 0.338 e. The van der Waals surface area contributed by atoms with Gasteiger partial charge in [-0.3, -0.25) is 19.2 Å². The zero-order valence-corrected chi connectivity index (χ0v) is 27.0. The Morgan fingerprint density at radius 1 is 0.933 bits per heavy atom. The first-order valence-corrected chi connectivity index (χ1v) is 15.3. The minimum atomic E-state index is -2.04. The highest BCUT2D eigenvalue weighted by atomic mass is 16.6. The molecule has 0 radical (unpaired) electrons. The van der Waals surface area contributed by atoms with E-state index < -0.39 is 87.9 Å². The number of fused-ring (bicyclic) bond motifs is 5. The van der Waals surface area contributed by atoms with Crippen LogP contribution in [0.5, 0.6) is 0 Å². The molecule has 3 fully saturated rings. The number of ether oxygens (including phenoxy) is 5. The molecule has 2 bridgehead atoms. The topological polar surface area (TPSA) is 152 Å². The Morgan fingerprint density at radius 2 is 1.56 bits per heavy atom. The Morgan fingerprint density at radius 3 is 2.09 bits per heavy atom. The van der Waals surface area contributed by atoms with E-state index in [1.54, 1.807) is 58.0 Å². The Labute approximate surface area is 262 Å². The molecule has 45 heavy (non-hydrogen) atoms. The summed E-state index contributed by atoms with van der Waals surface area (Å²) in [5, 5.41) is 13.2. The quantitative estimate of drug-likeness (QED) is 0.290. The van der Waals surface area contributed by atoms with E-state index in [1.807, 2.05) is 6.92 Å². The van der Waals surface area contributed by atoms with Gasteiger partial charge in [-0.2, -0.15) is 0 Å². The summed E-state index contributed by atoms with van der Waals surface area (Å²) in [7, 11) is 0. The van der Waals surface area contributed by atoms with Gasteiger partial charge in [0.15, 0.2) is 17.5 Å². The molecule has 1 aliphatic heterocycles. The molecule has 1 N–H and O–H groups in total. The van der Waals surface area contributed by atoms with Gasteiger partial charge in [0.25, 0.3) is 0 Å². The largest absolute Gasteiger partial charge is 0.458 e. The van der Waals surface area contributed by atoms with Crippen LogP contribution in [0.4, 0.5) is 0 Å². The molecule has 0 amide bonds. The average Bonchev–Trinajstić information content (AvgIpc) is 2.94. The number of rotatable bonds is 5. The van der Waals surface area contributed by atoms with Gasteiger partial charge in [-0.15, -0.1) is 0 Å². The zero-order chi connectivity index (χ0) is 33.3. The highest BCUT2D eigenvalue weighted by Crippen LogP contribution is 2.65. The van der Waals surface area contributed by atoms with Gasteiger partial charge in [0, 0.05) is 38.0 Å². The molecule has 11 nitrogen and oxygen atoms in total. The van der Waals surface area contributed by atoms with Gasteiger partial charge in [0.1, 0.15) is 23.9 Å². The molecule has 11 heteroatoms. The highest BCUT2D eigenvalue weighted by molar-refractivity contribution is 5.95. The normalized spacial score (nSPS) is 38.3. The van der Waals surface area contributed by atoms with E-state index in [0.29, 0.717) is 12.0 Å². The van der Waals surface area contributed by atoms with Gasteiger partial charge < -0.3 is 28.8 Å². The number of carbonyl (C=O) groups excluding carboxylic acids is 5. The van der Waals surface area contributed by atoms with Crippen molar-refractivity contribution in [2.24, 2.45) is 22.7 Å². The molecule has 0 aromatic heterocycles.